The monoisotopic (exact) mass is 592 g/mol. The number of aromatic nitrogens is 2. The summed E-state index contributed by atoms with van der Waals surface area (Å²) in [6.07, 6.45) is -8.92. The number of phenolic OH excluding ortho intramolecular Hbond substituents is 1. The van der Waals surface area contributed by atoms with Crippen molar-refractivity contribution in [2.24, 2.45) is 7.05 Å². The smallest absolute Gasteiger partial charge is 0.436 e. The van der Waals surface area contributed by atoms with Crippen molar-refractivity contribution in [1.82, 2.24) is 9.78 Å². The van der Waals surface area contributed by atoms with Crippen molar-refractivity contribution in [2.45, 2.75) is 25.2 Å². The molecule has 200 valence electrons. The van der Waals surface area contributed by atoms with Crippen LogP contribution in [0.15, 0.2) is 54.6 Å². The lowest BCUT2D eigenvalue weighted by Gasteiger charge is -2.18. The van der Waals surface area contributed by atoms with E-state index < -0.39 is 39.4 Å². The van der Waals surface area contributed by atoms with Gasteiger partial charge in [0, 0.05) is 23.2 Å². The van der Waals surface area contributed by atoms with Gasteiger partial charge in [-0.2, -0.15) is 31.4 Å². The molecule has 1 aromatic heterocycles. The van der Waals surface area contributed by atoms with Crippen molar-refractivity contribution in [1.29, 1.82) is 0 Å². The van der Waals surface area contributed by atoms with Gasteiger partial charge in [0.1, 0.15) is 5.75 Å². The second-order valence-corrected chi connectivity index (χ2v) is 9.67. The fraction of sp³-hybridized carbons (Fsp3) is 0.192. The van der Waals surface area contributed by atoms with Crippen molar-refractivity contribution in [2.75, 3.05) is 0 Å². The van der Waals surface area contributed by atoms with Crippen LogP contribution in [0.2, 0.25) is 15.1 Å². The van der Waals surface area contributed by atoms with Crippen LogP contribution in [-0.2, 0) is 32.2 Å². The van der Waals surface area contributed by atoms with Crippen LogP contribution in [-0.4, -0.2) is 14.9 Å². The topological polar surface area (TPSA) is 38.0 Å². The number of alkyl halides is 6. The lowest BCUT2D eigenvalue weighted by molar-refractivity contribution is -0.141. The zero-order chi connectivity index (χ0) is 28.0. The van der Waals surface area contributed by atoms with E-state index in [0.717, 1.165) is 22.4 Å². The summed E-state index contributed by atoms with van der Waals surface area (Å²) >= 11 is 17.7. The first-order valence-corrected chi connectivity index (χ1v) is 12.1. The van der Waals surface area contributed by atoms with Gasteiger partial charge in [-0.1, -0.05) is 59.1 Å². The van der Waals surface area contributed by atoms with E-state index in [4.69, 9.17) is 34.8 Å². The van der Waals surface area contributed by atoms with Crippen LogP contribution in [0.4, 0.5) is 26.3 Å². The Bertz CT molecular complexity index is 1500. The maximum atomic E-state index is 13.6. The predicted octanol–water partition coefficient (Wildman–Crippen LogP) is 9.24. The molecular weight excluding hydrogens is 577 g/mol. The van der Waals surface area contributed by atoms with Gasteiger partial charge in [0.25, 0.3) is 0 Å². The minimum atomic E-state index is -4.86. The Balaban J connectivity index is 1.91. The molecule has 0 amide bonds. The lowest BCUT2D eigenvalue weighted by Crippen LogP contribution is -2.07. The highest BCUT2D eigenvalue weighted by molar-refractivity contribution is 6.34. The van der Waals surface area contributed by atoms with E-state index in [1.807, 2.05) is 0 Å². The lowest BCUT2D eigenvalue weighted by atomic mass is 9.90. The highest BCUT2D eigenvalue weighted by Gasteiger charge is 2.39. The molecule has 0 fully saturated rings. The van der Waals surface area contributed by atoms with E-state index >= 15 is 0 Å². The fourth-order valence-corrected chi connectivity index (χ4v) is 4.87. The maximum Gasteiger partial charge on any atom is 0.436 e. The minimum absolute atomic E-state index is 0.00413. The van der Waals surface area contributed by atoms with Crippen molar-refractivity contribution < 1.29 is 31.4 Å². The van der Waals surface area contributed by atoms with Crippen molar-refractivity contribution in [3.63, 3.8) is 0 Å². The highest BCUT2D eigenvalue weighted by atomic mass is 35.5. The average molecular weight is 594 g/mol. The van der Waals surface area contributed by atoms with Crippen molar-refractivity contribution in [3.05, 3.63) is 92.0 Å². The van der Waals surface area contributed by atoms with Gasteiger partial charge in [0.2, 0.25) is 0 Å². The molecular formula is C26H17Cl3F6N2O. The molecule has 0 bridgehead atoms. The SMILES string of the molecule is Cn1nc(C(F)(F)F)c(Cl)c1-c1ccc(CCc2ccc(Cl)cc2)c(-c2ccc(Cl)c(C(F)(F)F)c2)c1O. The van der Waals surface area contributed by atoms with E-state index in [1.165, 1.54) is 25.2 Å². The Morgan fingerprint density at radius 2 is 1.50 bits per heavy atom. The minimum Gasteiger partial charge on any atom is -0.507 e. The second kappa shape index (κ2) is 10.4. The number of aromatic hydroxyl groups is 1. The Labute approximate surface area is 228 Å². The molecule has 1 N–H and O–H groups in total. The van der Waals surface area contributed by atoms with Crippen LogP contribution in [0, 0.1) is 0 Å². The number of rotatable bonds is 5. The van der Waals surface area contributed by atoms with Gasteiger partial charge in [-0.15, -0.1) is 0 Å². The van der Waals surface area contributed by atoms with Gasteiger partial charge in [0.05, 0.1) is 21.3 Å². The zero-order valence-electron chi connectivity index (χ0n) is 19.4. The summed E-state index contributed by atoms with van der Waals surface area (Å²) in [7, 11) is 1.22. The molecule has 0 spiro atoms. The summed E-state index contributed by atoms with van der Waals surface area (Å²) in [5.74, 6) is -0.548. The van der Waals surface area contributed by atoms with E-state index in [2.05, 4.69) is 5.10 Å². The van der Waals surface area contributed by atoms with Gasteiger partial charge in [0.15, 0.2) is 5.69 Å². The van der Waals surface area contributed by atoms with Crippen LogP contribution in [0.1, 0.15) is 22.4 Å². The summed E-state index contributed by atoms with van der Waals surface area (Å²) in [4.78, 5) is 0. The molecule has 0 aliphatic carbocycles. The molecule has 3 nitrogen and oxygen atoms in total. The summed E-state index contributed by atoms with van der Waals surface area (Å²) in [6, 6.07) is 13.0. The number of nitrogens with zero attached hydrogens (tertiary/aromatic N) is 2. The molecule has 0 atom stereocenters. The van der Waals surface area contributed by atoms with Gasteiger partial charge in [-0.25, -0.2) is 0 Å². The van der Waals surface area contributed by atoms with E-state index in [1.54, 1.807) is 24.3 Å². The molecule has 0 radical (unpaired) electrons. The van der Waals surface area contributed by atoms with Crippen molar-refractivity contribution >= 4 is 34.8 Å². The van der Waals surface area contributed by atoms with Crippen LogP contribution >= 0.6 is 34.8 Å². The number of halogens is 9. The van der Waals surface area contributed by atoms with Gasteiger partial charge < -0.3 is 5.11 Å². The van der Waals surface area contributed by atoms with Crippen LogP contribution in [0.5, 0.6) is 5.75 Å². The molecule has 0 unspecified atom stereocenters. The normalized spacial score (nSPS) is 12.3. The number of phenols is 1. The molecule has 1 heterocycles. The quantitative estimate of drug-likeness (QED) is 0.234. The molecule has 3 aromatic carbocycles. The van der Waals surface area contributed by atoms with E-state index in [0.29, 0.717) is 17.0 Å². The summed E-state index contributed by atoms with van der Waals surface area (Å²) < 4.78 is 81.9. The highest BCUT2D eigenvalue weighted by Crippen LogP contribution is 2.47. The number of aryl methyl sites for hydroxylation is 3. The Morgan fingerprint density at radius 1 is 0.842 bits per heavy atom. The molecule has 0 saturated carbocycles. The zero-order valence-corrected chi connectivity index (χ0v) is 21.6. The maximum absolute atomic E-state index is 13.6. The number of benzene rings is 3. The number of hydrogen-bond acceptors (Lipinski definition) is 2. The summed E-state index contributed by atoms with van der Waals surface area (Å²) in [5.41, 5.74) is -1.54. The molecule has 0 saturated heterocycles. The molecule has 0 aliphatic heterocycles. The van der Waals surface area contributed by atoms with Crippen LogP contribution in [0.25, 0.3) is 22.4 Å². The third-order valence-corrected chi connectivity index (χ3v) is 6.87. The van der Waals surface area contributed by atoms with Gasteiger partial charge >= 0.3 is 12.4 Å². The first kappa shape index (κ1) is 28.1. The Kier molecular flexibility index (Phi) is 7.67. The van der Waals surface area contributed by atoms with Crippen molar-refractivity contribution in [3.8, 4) is 28.1 Å². The second-order valence-electron chi connectivity index (χ2n) is 8.45. The first-order chi connectivity index (χ1) is 17.7. The summed E-state index contributed by atoms with van der Waals surface area (Å²) in [5, 5.41) is 14.0. The third-order valence-electron chi connectivity index (χ3n) is 5.93. The van der Waals surface area contributed by atoms with Gasteiger partial charge in [-0.05, 0) is 59.9 Å². The molecule has 4 rings (SSSR count). The largest absolute Gasteiger partial charge is 0.507 e. The van der Waals surface area contributed by atoms with E-state index in [-0.39, 0.29) is 28.8 Å². The third kappa shape index (κ3) is 5.60. The Morgan fingerprint density at radius 3 is 2.08 bits per heavy atom. The molecule has 12 heteroatoms. The molecule has 4 aromatic rings. The first-order valence-electron chi connectivity index (χ1n) is 10.9. The Hall–Kier alpha value is -2.88. The standard InChI is InChI=1S/C26H17Cl3F6N2O/c1-37-22(21(29)24(36-37)26(33,34)35)17-10-6-14(5-2-13-3-8-16(27)9-4-13)20(23(17)38)15-7-11-19(28)18(12-15)25(30,31)32/h3-4,6-12,38H,2,5H2,1H3. The van der Waals surface area contributed by atoms with E-state index in [9.17, 15) is 31.4 Å². The van der Waals surface area contributed by atoms with Crippen LogP contribution in [0.3, 0.4) is 0 Å². The fourth-order valence-electron chi connectivity index (χ4n) is 4.15. The van der Waals surface area contributed by atoms with Gasteiger partial charge in [-0.3, -0.25) is 4.68 Å². The average Bonchev–Trinajstić information content (AvgIpc) is 3.13. The molecule has 0 aliphatic rings. The number of hydrogen-bond donors (Lipinski definition) is 1. The molecule has 38 heavy (non-hydrogen) atoms. The summed E-state index contributed by atoms with van der Waals surface area (Å²) in [6.45, 7) is 0. The predicted molar refractivity (Wildman–Crippen MR) is 135 cm³/mol. The van der Waals surface area contributed by atoms with Crippen LogP contribution < -0.4 is 0 Å².